The van der Waals surface area contributed by atoms with Crippen LogP contribution in [0.1, 0.15) is 33.1 Å². The molecule has 1 heterocycles. The van der Waals surface area contributed by atoms with Crippen LogP contribution in [0.3, 0.4) is 0 Å². The molecule has 0 amide bonds. The van der Waals surface area contributed by atoms with E-state index in [1.807, 2.05) is 14.0 Å². The molecule has 1 aliphatic heterocycles. The van der Waals surface area contributed by atoms with E-state index in [2.05, 4.69) is 23.2 Å². The highest BCUT2D eigenvalue weighted by atomic mass is 15.2. The Kier molecular flexibility index (Phi) is 3.91. The summed E-state index contributed by atoms with van der Waals surface area (Å²) in [6.45, 7) is 6.59. The SMILES string of the molecule is CNC(C)(C#N)CC(C)N1CCCC1. The lowest BCUT2D eigenvalue weighted by atomic mass is 9.95. The van der Waals surface area contributed by atoms with Gasteiger partial charge in [0.05, 0.1) is 6.07 Å². The van der Waals surface area contributed by atoms with E-state index in [4.69, 9.17) is 5.26 Å². The molecule has 3 heteroatoms. The van der Waals surface area contributed by atoms with Gasteiger partial charge in [0.2, 0.25) is 0 Å². The van der Waals surface area contributed by atoms with E-state index in [0.29, 0.717) is 6.04 Å². The van der Waals surface area contributed by atoms with E-state index >= 15 is 0 Å². The maximum absolute atomic E-state index is 9.05. The quantitative estimate of drug-likeness (QED) is 0.736. The molecule has 0 aromatic carbocycles. The van der Waals surface area contributed by atoms with Gasteiger partial charge < -0.3 is 10.2 Å². The molecule has 0 aromatic heterocycles. The number of nitriles is 1. The third kappa shape index (κ3) is 2.70. The van der Waals surface area contributed by atoms with Crippen molar-refractivity contribution < 1.29 is 0 Å². The fourth-order valence-electron chi connectivity index (χ4n) is 2.11. The van der Waals surface area contributed by atoms with Crippen LogP contribution in [0.4, 0.5) is 0 Å². The maximum Gasteiger partial charge on any atom is 0.105 e. The van der Waals surface area contributed by atoms with Gasteiger partial charge in [-0.25, -0.2) is 0 Å². The highest BCUT2D eigenvalue weighted by Crippen LogP contribution is 2.19. The predicted molar refractivity (Wildman–Crippen MR) is 58.0 cm³/mol. The Morgan fingerprint density at radius 2 is 2.07 bits per heavy atom. The van der Waals surface area contributed by atoms with Gasteiger partial charge in [0.25, 0.3) is 0 Å². The molecule has 0 spiro atoms. The van der Waals surface area contributed by atoms with Crippen molar-refractivity contribution in [2.45, 2.75) is 44.7 Å². The lowest BCUT2D eigenvalue weighted by Crippen LogP contribution is -2.45. The number of nitrogens with zero attached hydrogens (tertiary/aromatic N) is 2. The molecule has 1 aliphatic rings. The zero-order valence-corrected chi connectivity index (χ0v) is 9.51. The van der Waals surface area contributed by atoms with E-state index < -0.39 is 0 Å². The van der Waals surface area contributed by atoms with Crippen LogP contribution in [0.5, 0.6) is 0 Å². The van der Waals surface area contributed by atoms with Crippen LogP contribution in [0.2, 0.25) is 0 Å². The van der Waals surface area contributed by atoms with Crippen molar-refractivity contribution in [2.75, 3.05) is 20.1 Å². The summed E-state index contributed by atoms with van der Waals surface area (Å²) in [6.07, 6.45) is 3.53. The van der Waals surface area contributed by atoms with E-state index in [9.17, 15) is 0 Å². The summed E-state index contributed by atoms with van der Waals surface area (Å²) in [5.41, 5.74) is -0.373. The minimum Gasteiger partial charge on any atom is -0.303 e. The van der Waals surface area contributed by atoms with Crippen molar-refractivity contribution in [1.29, 1.82) is 5.26 Å². The van der Waals surface area contributed by atoms with Gasteiger partial charge in [-0.3, -0.25) is 0 Å². The van der Waals surface area contributed by atoms with Crippen molar-refractivity contribution in [3.8, 4) is 6.07 Å². The van der Waals surface area contributed by atoms with Gasteiger partial charge in [-0.1, -0.05) is 0 Å². The molecule has 1 fully saturated rings. The second kappa shape index (κ2) is 4.77. The number of rotatable bonds is 4. The third-order valence-corrected chi connectivity index (χ3v) is 3.27. The Morgan fingerprint density at radius 3 is 2.50 bits per heavy atom. The molecule has 0 saturated carbocycles. The topological polar surface area (TPSA) is 39.1 Å². The molecule has 80 valence electrons. The average Bonchev–Trinajstić information content (AvgIpc) is 2.70. The molecule has 0 aliphatic carbocycles. The highest BCUT2D eigenvalue weighted by Gasteiger charge is 2.28. The van der Waals surface area contributed by atoms with Gasteiger partial charge in [0, 0.05) is 6.04 Å². The monoisotopic (exact) mass is 195 g/mol. The summed E-state index contributed by atoms with van der Waals surface area (Å²) >= 11 is 0. The number of hydrogen-bond donors (Lipinski definition) is 1. The van der Waals surface area contributed by atoms with E-state index in [0.717, 1.165) is 6.42 Å². The Labute approximate surface area is 87.1 Å². The Balaban J connectivity index is 2.46. The lowest BCUT2D eigenvalue weighted by Gasteiger charge is -2.30. The smallest absolute Gasteiger partial charge is 0.105 e. The van der Waals surface area contributed by atoms with Crippen molar-refractivity contribution in [3.63, 3.8) is 0 Å². The van der Waals surface area contributed by atoms with Crippen LogP contribution >= 0.6 is 0 Å². The summed E-state index contributed by atoms with van der Waals surface area (Å²) < 4.78 is 0. The fourth-order valence-corrected chi connectivity index (χ4v) is 2.11. The molecule has 14 heavy (non-hydrogen) atoms. The van der Waals surface area contributed by atoms with E-state index in [-0.39, 0.29) is 5.54 Å². The molecule has 2 unspecified atom stereocenters. The van der Waals surface area contributed by atoms with Crippen molar-refractivity contribution >= 4 is 0 Å². The summed E-state index contributed by atoms with van der Waals surface area (Å²) in [7, 11) is 1.86. The van der Waals surface area contributed by atoms with Crippen LogP contribution in [0, 0.1) is 11.3 Å². The van der Waals surface area contributed by atoms with Crippen molar-refractivity contribution in [2.24, 2.45) is 0 Å². The van der Waals surface area contributed by atoms with Crippen LogP contribution in [0.15, 0.2) is 0 Å². The first-order valence-corrected chi connectivity index (χ1v) is 5.45. The Hall–Kier alpha value is -0.590. The van der Waals surface area contributed by atoms with Gasteiger partial charge in [0.1, 0.15) is 5.54 Å². The summed E-state index contributed by atoms with van der Waals surface area (Å²) in [5.74, 6) is 0. The van der Waals surface area contributed by atoms with Gasteiger partial charge in [-0.05, 0) is 53.2 Å². The molecule has 1 N–H and O–H groups in total. The zero-order chi connectivity index (χ0) is 10.6. The first kappa shape index (κ1) is 11.5. The number of likely N-dealkylation sites (tertiary alicyclic amines) is 1. The fraction of sp³-hybridized carbons (Fsp3) is 0.909. The average molecular weight is 195 g/mol. The molecule has 0 aromatic rings. The Morgan fingerprint density at radius 1 is 1.50 bits per heavy atom. The summed E-state index contributed by atoms with van der Waals surface area (Å²) in [4.78, 5) is 2.48. The van der Waals surface area contributed by atoms with Crippen LogP contribution < -0.4 is 5.32 Å². The van der Waals surface area contributed by atoms with Crippen LogP contribution in [-0.2, 0) is 0 Å². The zero-order valence-electron chi connectivity index (χ0n) is 9.51. The first-order valence-electron chi connectivity index (χ1n) is 5.45. The highest BCUT2D eigenvalue weighted by molar-refractivity contribution is 5.04. The van der Waals surface area contributed by atoms with Gasteiger partial charge in [-0.15, -0.1) is 0 Å². The van der Waals surface area contributed by atoms with Crippen LogP contribution in [0.25, 0.3) is 0 Å². The minimum atomic E-state index is -0.373. The number of nitrogens with one attached hydrogen (secondary N) is 1. The standard InChI is InChI=1S/C11H21N3/c1-10(14-6-4-5-7-14)8-11(2,9-12)13-3/h10,13H,4-8H2,1-3H3. The Bertz CT molecular complexity index is 215. The second-order valence-electron chi connectivity index (χ2n) is 4.49. The molecule has 3 nitrogen and oxygen atoms in total. The lowest BCUT2D eigenvalue weighted by molar-refractivity contribution is 0.217. The molecule has 0 radical (unpaired) electrons. The normalized spacial score (nSPS) is 24.1. The van der Waals surface area contributed by atoms with Crippen LogP contribution in [-0.4, -0.2) is 36.6 Å². The number of hydrogen-bond acceptors (Lipinski definition) is 3. The van der Waals surface area contributed by atoms with Gasteiger partial charge in [0.15, 0.2) is 0 Å². The molecule has 1 saturated heterocycles. The minimum absolute atomic E-state index is 0.373. The first-order chi connectivity index (χ1) is 6.61. The van der Waals surface area contributed by atoms with Crippen molar-refractivity contribution in [1.82, 2.24) is 10.2 Å². The molecular weight excluding hydrogens is 174 g/mol. The molecule has 1 rings (SSSR count). The van der Waals surface area contributed by atoms with Gasteiger partial charge >= 0.3 is 0 Å². The maximum atomic E-state index is 9.05. The molecule has 0 bridgehead atoms. The largest absolute Gasteiger partial charge is 0.303 e. The van der Waals surface area contributed by atoms with Crippen molar-refractivity contribution in [3.05, 3.63) is 0 Å². The second-order valence-corrected chi connectivity index (χ2v) is 4.49. The van der Waals surface area contributed by atoms with E-state index in [1.54, 1.807) is 0 Å². The van der Waals surface area contributed by atoms with E-state index in [1.165, 1.54) is 25.9 Å². The molecular formula is C11H21N3. The predicted octanol–water partition coefficient (Wildman–Crippen LogP) is 1.36. The summed E-state index contributed by atoms with van der Waals surface area (Å²) in [6, 6.07) is 2.85. The summed E-state index contributed by atoms with van der Waals surface area (Å²) in [5, 5.41) is 12.1. The van der Waals surface area contributed by atoms with Gasteiger partial charge in [-0.2, -0.15) is 5.26 Å². The third-order valence-electron chi connectivity index (χ3n) is 3.27. The molecule has 2 atom stereocenters.